The van der Waals surface area contributed by atoms with Gasteiger partial charge in [0.1, 0.15) is 0 Å². The van der Waals surface area contributed by atoms with Gasteiger partial charge < -0.3 is 0 Å². The van der Waals surface area contributed by atoms with E-state index in [4.69, 9.17) is 11.6 Å². The molecule has 0 bridgehead atoms. The van der Waals surface area contributed by atoms with E-state index in [1.807, 2.05) is 6.07 Å². The summed E-state index contributed by atoms with van der Waals surface area (Å²) in [7, 11) is 0. The summed E-state index contributed by atoms with van der Waals surface area (Å²) in [4.78, 5) is 1.79. The molecule has 17 heavy (non-hydrogen) atoms. The van der Waals surface area contributed by atoms with Crippen molar-refractivity contribution in [2.75, 3.05) is 13.1 Å². The Morgan fingerprint density at radius 1 is 1.41 bits per heavy atom. The summed E-state index contributed by atoms with van der Waals surface area (Å²) in [6.07, 6.45) is 0.559. The number of alkyl halides is 2. The SMILES string of the molecule is FC1(F)CCCN(Cc2ccc(Cl)cc2Br)C1. The normalized spacial score (nSPS) is 20.5. The first kappa shape index (κ1) is 13.2. The van der Waals surface area contributed by atoms with Gasteiger partial charge in [0, 0.05) is 22.5 Å². The number of benzene rings is 1. The number of piperidine rings is 1. The van der Waals surface area contributed by atoms with E-state index >= 15 is 0 Å². The molecule has 1 aromatic rings. The minimum Gasteiger partial charge on any atom is -0.293 e. The van der Waals surface area contributed by atoms with Crippen LogP contribution < -0.4 is 0 Å². The van der Waals surface area contributed by atoms with Gasteiger partial charge in [0.05, 0.1) is 6.54 Å². The molecule has 94 valence electrons. The number of rotatable bonds is 2. The zero-order valence-electron chi connectivity index (χ0n) is 9.23. The number of hydrogen-bond acceptors (Lipinski definition) is 1. The van der Waals surface area contributed by atoms with Gasteiger partial charge in [-0.2, -0.15) is 0 Å². The molecule has 1 aromatic carbocycles. The number of hydrogen-bond donors (Lipinski definition) is 0. The fraction of sp³-hybridized carbons (Fsp3) is 0.500. The van der Waals surface area contributed by atoms with Crippen molar-refractivity contribution in [3.05, 3.63) is 33.3 Å². The van der Waals surface area contributed by atoms with Crippen molar-refractivity contribution < 1.29 is 8.78 Å². The van der Waals surface area contributed by atoms with Crippen LogP contribution in [0.4, 0.5) is 8.78 Å². The number of likely N-dealkylation sites (tertiary alicyclic amines) is 1. The maximum atomic E-state index is 13.2. The summed E-state index contributed by atoms with van der Waals surface area (Å²) >= 11 is 9.25. The fourth-order valence-corrected chi connectivity index (χ4v) is 2.88. The Hall–Kier alpha value is -0.190. The minimum absolute atomic E-state index is 0.00525. The Morgan fingerprint density at radius 3 is 2.82 bits per heavy atom. The van der Waals surface area contributed by atoms with Crippen LogP contribution in [0.3, 0.4) is 0 Å². The number of halogens is 4. The molecule has 1 nitrogen and oxygen atoms in total. The second-order valence-electron chi connectivity index (χ2n) is 4.41. The molecule has 0 saturated carbocycles. The molecule has 0 N–H and O–H groups in total. The summed E-state index contributed by atoms with van der Waals surface area (Å²) < 4.78 is 27.4. The third kappa shape index (κ3) is 3.63. The second-order valence-corrected chi connectivity index (χ2v) is 5.70. The highest BCUT2D eigenvalue weighted by Gasteiger charge is 2.34. The van der Waals surface area contributed by atoms with Crippen molar-refractivity contribution in [3.8, 4) is 0 Å². The van der Waals surface area contributed by atoms with E-state index in [9.17, 15) is 8.78 Å². The van der Waals surface area contributed by atoms with Gasteiger partial charge in [-0.05, 0) is 30.7 Å². The monoisotopic (exact) mass is 323 g/mol. The lowest BCUT2D eigenvalue weighted by molar-refractivity contribution is -0.0661. The van der Waals surface area contributed by atoms with E-state index in [1.165, 1.54) is 0 Å². The Balaban J connectivity index is 2.05. The van der Waals surface area contributed by atoms with Crippen LogP contribution in [0, 0.1) is 0 Å². The van der Waals surface area contributed by atoms with Crippen molar-refractivity contribution in [2.24, 2.45) is 0 Å². The Morgan fingerprint density at radius 2 is 2.18 bits per heavy atom. The van der Waals surface area contributed by atoms with Crippen LogP contribution >= 0.6 is 27.5 Å². The van der Waals surface area contributed by atoms with Crippen LogP contribution in [0.1, 0.15) is 18.4 Å². The maximum absolute atomic E-state index is 13.2. The van der Waals surface area contributed by atoms with Gasteiger partial charge in [0.15, 0.2) is 0 Å². The van der Waals surface area contributed by atoms with Crippen LogP contribution in [0.5, 0.6) is 0 Å². The zero-order valence-corrected chi connectivity index (χ0v) is 11.6. The van der Waals surface area contributed by atoms with Crippen molar-refractivity contribution in [2.45, 2.75) is 25.3 Å². The molecule has 0 atom stereocenters. The maximum Gasteiger partial charge on any atom is 0.260 e. The third-order valence-electron chi connectivity index (χ3n) is 2.88. The van der Waals surface area contributed by atoms with Crippen LogP contribution in [0.15, 0.2) is 22.7 Å². The Kier molecular flexibility index (Phi) is 4.06. The molecule has 1 fully saturated rings. The Bertz CT molecular complexity index is 411. The summed E-state index contributed by atoms with van der Waals surface area (Å²) in [6, 6.07) is 5.45. The standard InChI is InChI=1S/C12H13BrClF2N/c13-11-6-10(14)3-2-9(11)7-17-5-1-4-12(15,16)8-17/h2-3,6H,1,4-5,7-8H2. The lowest BCUT2D eigenvalue weighted by atomic mass is 10.1. The average Bonchev–Trinajstić information content (AvgIpc) is 2.21. The highest BCUT2D eigenvalue weighted by Crippen LogP contribution is 2.29. The predicted molar refractivity (Wildman–Crippen MR) is 68.6 cm³/mol. The third-order valence-corrected chi connectivity index (χ3v) is 3.85. The smallest absolute Gasteiger partial charge is 0.260 e. The molecule has 0 aromatic heterocycles. The molecule has 1 saturated heterocycles. The largest absolute Gasteiger partial charge is 0.293 e. The van der Waals surface area contributed by atoms with Crippen LogP contribution in [0.2, 0.25) is 5.02 Å². The molecule has 5 heteroatoms. The van der Waals surface area contributed by atoms with Gasteiger partial charge in [-0.1, -0.05) is 33.6 Å². The first-order chi connectivity index (χ1) is 7.96. The van der Waals surface area contributed by atoms with Crippen molar-refractivity contribution in [3.63, 3.8) is 0 Å². The van der Waals surface area contributed by atoms with E-state index in [1.54, 1.807) is 17.0 Å². The van der Waals surface area contributed by atoms with Crippen molar-refractivity contribution in [1.29, 1.82) is 0 Å². The molecule has 1 aliphatic heterocycles. The first-order valence-electron chi connectivity index (χ1n) is 5.50. The van der Waals surface area contributed by atoms with Crippen LogP contribution in [-0.2, 0) is 6.54 Å². The van der Waals surface area contributed by atoms with Gasteiger partial charge in [-0.3, -0.25) is 4.90 Å². The summed E-state index contributed by atoms with van der Waals surface area (Å²) in [5, 5.41) is 0.643. The van der Waals surface area contributed by atoms with Crippen LogP contribution in [0.25, 0.3) is 0 Å². The second kappa shape index (κ2) is 5.21. The fourth-order valence-electron chi connectivity index (χ4n) is 2.07. The van der Waals surface area contributed by atoms with Gasteiger partial charge >= 0.3 is 0 Å². The first-order valence-corrected chi connectivity index (χ1v) is 6.67. The molecular formula is C12H13BrClF2N. The highest BCUT2D eigenvalue weighted by molar-refractivity contribution is 9.10. The summed E-state index contributed by atoms with van der Waals surface area (Å²) in [5.74, 6) is -2.54. The molecule has 0 spiro atoms. The predicted octanol–water partition coefficient (Wildman–Crippen LogP) is 4.33. The van der Waals surface area contributed by atoms with Gasteiger partial charge in [0.2, 0.25) is 0 Å². The van der Waals surface area contributed by atoms with E-state index in [2.05, 4.69) is 15.9 Å². The summed E-state index contributed by atoms with van der Waals surface area (Å²) in [6.45, 7) is 1.11. The van der Waals surface area contributed by atoms with Gasteiger partial charge in [0.25, 0.3) is 5.92 Å². The van der Waals surface area contributed by atoms with Crippen molar-refractivity contribution >= 4 is 27.5 Å². The molecule has 0 aliphatic carbocycles. The molecule has 1 heterocycles. The molecule has 0 unspecified atom stereocenters. The minimum atomic E-state index is -2.54. The van der Waals surface area contributed by atoms with E-state index in [0.717, 1.165) is 16.6 Å². The van der Waals surface area contributed by atoms with E-state index in [0.29, 0.717) is 18.0 Å². The Labute approximate surface area is 113 Å². The molecule has 2 rings (SSSR count). The highest BCUT2D eigenvalue weighted by atomic mass is 79.9. The zero-order chi connectivity index (χ0) is 12.5. The van der Waals surface area contributed by atoms with Crippen molar-refractivity contribution in [1.82, 2.24) is 4.90 Å². The van der Waals surface area contributed by atoms with E-state index < -0.39 is 5.92 Å². The average molecular weight is 325 g/mol. The lowest BCUT2D eigenvalue weighted by Crippen LogP contribution is -2.42. The quantitative estimate of drug-likeness (QED) is 0.782. The topological polar surface area (TPSA) is 3.24 Å². The lowest BCUT2D eigenvalue weighted by Gasteiger charge is -2.32. The number of nitrogens with zero attached hydrogens (tertiary/aromatic N) is 1. The van der Waals surface area contributed by atoms with Gasteiger partial charge in [-0.15, -0.1) is 0 Å². The van der Waals surface area contributed by atoms with Crippen LogP contribution in [-0.4, -0.2) is 23.9 Å². The molecular weight excluding hydrogens is 311 g/mol. The van der Waals surface area contributed by atoms with Gasteiger partial charge in [-0.25, -0.2) is 8.78 Å². The van der Waals surface area contributed by atoms with E-state index in [-0.39, 0.29) is 13.0 Å². The molecule has 0 amide bonds. The summed E-state index contributed by atoms with van der Waals surface area (Å²) in [5.41, 5.74) is 0.993. The molecule has 0 radical (unpaired) electrons. The molecule has 1 aliphatic rings.